The van der Waals surface area contributed by atoms with Gasteiger partial charge in [-0.2, -0.15) is 0 Å². The van der Waals surface area contributed by atoms with E-state index in [-0.39, 0.29) is 19.4 Å². The molecule has 6 N–H and O–H groups in total. The number of allylic oxidation sites excluding steroid dienone is 11. The number of aliphatic hydroxyl groups excluding tert-OH is 5. The molecule has 0 aromatic carbocycles. The van der Waals surface area contributed by atoms with Gasteiger partial charge in [-0.15, -0.1) is 0 Å². The number of carbonyl (C=O) groups excluding carboxylic acids is 2. The maximum atomic E-state index is 13.4. The van der Waals surface area contributed by atoms with Crippen LogP contribution in [0.1, 0.15) is 258 Å². The summed E-state index contributed by atoms with van der Waals surface area (Å²) in [4.78, 5) is 26.5. The first-order chi connectivity index (χ1) is 36.7. The standard InChI is InChI=1S/C64H113NO10/c1-4-7-10-13-16-19-22-24-26-28-29-30-32-34-37-40-43-46-49-52-59(69)75-62-61(71)60(70)58(53-66)74-64(62)73-54-55(56(67)50-47-44-41-38-35-21-18-15-12-9-6-3)65-63(72)57(68)51-48-45-42-39-36-33-31-27-25-23-20-17-14-11-8-5-2/h7,10,16,19,24,26,29-30,34,37,47,50,55-58,60-62,64,66-68,70-71H,4-6,8-9,11-15,17-18,20-23,25,27-28,31-33,35-36,38-46,48-49,51-54H2,1-3H3,(H,65,72)/b10-7-,19-16-,26-24-,30-29-,37-34-,50-47+. The average Bonchev–Trinajstić information content (AvgIpc) is 3.41. The van der Waals surface area contributed by atoms with E-state index in [9.17, 15) is 35.1 Å². The molecule has 1 heterocycles. The molecular weight excluding hydrogens is 943 g/mol. The molecule has 0 aromatic rings. The molecule has 0 radical (unpaired) electrons. The van der Waals surface area contributed by atoms with Gasteiger partial charge >= 0.3 is 5.97 Å². The molecule has 1 amide bonds. The molecule has 75 heavy (non-hydrogen) atoms. The van der Waals surface area contributed by atoms with Crippen molar-refractivity contribution < 1.29 is 49.3 Å². The van der Waals surface area contributed by atoms with Crippen LogP contribution in [0.3, 0.4) is 0 Å². The fourth-order valence-corrected chi connectivity index (χ4v) is 9.27. The zero-order valence-corrected chi connectivity index (χ0v) is 47.9. The van der Waals surface area contributed by atoms with Crippen LogP contribution in [-0.4, -0.2) is 99.6 Å². The molecule has 8 atom stereocenters. The molecule has 1 aliphatic rings. The van der Waals surface area contributed by atoms with E-state index in [2.05, 4.69) is 86.8 Å². The molecule has 0 aliphatic carbocycles. The Hall–Kier alpha value is -2.90. The van der Waals surface area contributed by atoms with Crippen molar-refractivity contribution in [1.82, 2.24) is 5.32 Å². The van der Waals surface area contributed by atoms with Crippen LogP contribution in [0, 0.1) is 0 Å². The van der Waals surface area contributed by atoms with Gasteiger partial charge in [0.05, 0.1) is 25.4 Å². The molecule has 1 saturated heterocycles. The lowest BCUT2D eigenvalue weighted by Crippen LogP contribution is -2.61. The highest BCUT2D eigenvalue weighted by Crippen LogP contribution is 2.26. The first-order valence-electron chi connectivity index (χ1n) is 30.7. The van der Waals surface area contributed by atoms with Gasteiger partial charge in [0.2, 0.25) is 5.91 Å². The topological polar surface area (TPSA) is 175 Å². The predicted molar refractivity (Wildman–Crippen MR) is 310 cm³/mol. The summed E-state index contributed by atoms with van der Waals surface area (Å²) in [6.45, 7) is 5.66. The highest BCUT2D eigenvalue weighted by molar-refractivity contribution is 5.80. The predicted octanol–water partition coefficient (Wildman–Crippen LogP) is 14.4. The monoisotopic (exact) mass is 1060 g/mol. The molecule has 0 saturated carbocycles. The number of carbonyl (C=O) groups is 2. The summed E-state index contributed by atoms with van der Waals surface area (Å²) in [7, 11) is 0. The van der Waals surface area contributed by atoms with Crippen LogP contribution in [0.2, 0.25) is 0 Å². The number of aliphatic hydroxyl groups is 5. The normalized spacial score (nSPS) is 19.7. The Balaban J connectivity index is 2.69. The second-order valence-electron chi connectivity index (χ2n) is 21.1. The van der Waals surface area contributed by atoms with Crippen LogP contribution in [0.5, 0.6) is 0 Å². The Labute approximate surface area is 458 Å². The Kier molecular flexibility index (Phi) is 48.5. The van der Waals surface area contributed by atoms with E-state index in [0.29, 0.717) is 12.8 Å². The largest absolute Gasteiger partial charge is 0.454 e. The zero-order chi connectivity index (χ0) is 54.7. The number of amides is 1. The molecule has 1 rings (SSSR count). The van der Waals surface area contributed by atoms with Gasteiger partial charge in [-0.25, -0.2) is 0 Å². The van der Waals surface area contributed by atoms with Crippen LogP contribution in [-0.2, 0) is 23.8 Å². The van der Waals surface area contributed by atoms with E-state index in [4.69, 9.17) is 14.2 Å². The summed E-state index contributed by atoms with van der Waals surface area (Å²) in [5, 5.41) is 56.9. The van der Waals surface area contributed by atoms with Crippen molar-refractivity contribution in [3.8, 4) is 0 Å². The average molecular weight is 1060 g/mol. The number of esters is 1. The van der Waals surface area contributed by atoms with Gasteiger partial charge in [0.25, 0.3) is 0 Å². The summed E-state index contributed by atoms with van der Waals surface area (Å²) >= 11 is 0. The fraction of sp³-hybridized carbons (Fsp3) is 0.781. The summed E-state index contributed by atoms with van der Waals surface area (Å²) in [6.07, 6.45) is 55.1. The maximum absolute atomic E-state index is 13.4. The van der Waals surface area contributed by atoms with E-state index in [0.717, 1.165) is 89.9 Å². The number of rotatable bonds is 51. The Morgan fingerprint density at radius 1 is 0.533 bits per heavy atom. The number of ether oxygens (including phenoxy) is 3. The lowest BCUT2D eigenvalue weighted by molar-refractivity contribution is -0.305. The van der Waals surface area contributed by atoms with Gasteiger partial charge in [-0.1, -0.05) is 254 Å². The number of unbranched alkanes of at least 4 members (excludes halogenated alkanes) is 27. The molecule has 0 bridgehead atoms. The van der Waals surface area contributed by atoms with Crippen LogP contribution >= 0.6 is 0 Å². The van der Waals surface area contributed by atoms with E-state index in [1.54, 1.807) is 6.08 Å². The van der Waals surface area contributed by atoms with Crippen molar-refractivity contribution in [2.75, 3.05) is 13.2 Å². The third-order valence-electron chi connectivity index (χ3n) is 14.1. The second-order valence-corrected chi connectivity index (χ2v) is 21.1. The highest BCUT2D eigenvalue weighted by atomic mass is 16.7. The van der Waals surface area contributed by atoms with Crippen molar-refractivity contribution in [2.24, 2.45) is 0 Å². The molecule has 11 nitrogen and oxygen atoms in total. The van der Waals surface area contributed by atoms with Gasteiger partial charge in [0.15, 0.2) is 12.4 Å². The second kappa shape index (κ2) is 51.8. The van der Waals surface area contributed by atoms with Crippen molar-refractivity contribution in [3.05, 3.63) is 72.9 Å². The van der Waals surface area contributed by atoms with Crippen molar-refractivity contribution in [2.45, 2.75) is 307 Å². The van der Waals surface area contributed by atoms with E-state index in [1.165, 1.54) is 122 Å². The third kappa shape index (κ3) is 40.0. The first-order valence-corrected chi connectivity index (χ1v) is 30.7. The van der Waals surface area contributed by atoms with Gasteiger partial charge in [0.1, 0.15) is 24.4 Å². The molecule has 8 unspecified atom stereocenters. The summed E-state index contributed by atoms with van der Waals surface area (Å²) < 4.78 is 17.6. The first kappa shape index (κ1) is 70.1. The fourth-order valence-electron chi connectivity index (χ4n) is 9.27. The number of nitrogens with one attached hydrogen (secondary N) is 1. The molecule has 11 heteroatoms. The maximum Gasteiger partial charge on any atom is 0.306 e. The lowest BCUT2D eigenvalue weighted by atomic mass is 9.99. The van der Waals surface area contributed by atoms with Gasteiger partial charge in [0, 0.05) is 6.42 Å². The molecule has 434 valence electrons. The van der Waals surface area contributed by atoms with Crippen LogP contribution in [0.25, 0.3) is 0 Å². The van der Waals surface area contributed by atoms with Gasteiger partial charge in [-0.3, -0.25) is 9.59 Å². The smallest absolute Gasteiger partial charge is 0.306 e. The van der Waals surface area contributed by atoms with E-state index >= 15 is 0 Å². The molecule has 0 spiro atoms. The zero-order valence-electron chi connectivity index (χ0n) is 47.9. The highest BCUT2D eigenvalue weighted by Gasteiger charge is 2.47. The van der Waals surface area contributed by atoms with Crippen LogP contribution in [0.15, 0.2) is 72.9 Å². The van der Waals surface area contributed by atoms with Crippen molar-refractivity contribution in [1.29, 1.82) is 0 Å². The number of hydrogen-bond acceptors (Lipinski definition) is 10. The molecule has 1 fully saturated rings. The quantitative estimate of drug-likeness (QED) is 0.0195. The van der Waals surface area contributed by atoms with E-state index < -0.39 is 67.4 Å². The van der Waals surface area contributed by atoms with Crippen LogP contribution in [0.4, 0.5) is 0 Å². The summed E-state index contributed by atoms with van der Waals surface area (Å²) in [6, 6.07) is -1.03. The van der Waals surface area contributed by atoms with Crippen molar-refractivity contribution in [3.63, 3.8) is 0 Å². The third-order valence-corrected chi connectivity index (χ3v) is 14.1. The molecular formula is C64H113NO10. The minimum Gasteiger partial charge on any atom is -0.454 e. The number of hydrogen-bond donors (Lipinski definition) is 6. The van der Waals surface area contributed by atoms with Gasteiger partial charge < -0.3 is 45.1 Å². The van der Waals surface area contributed by atoms with Crippen LogP contribution < -0.4 is 5.32 Å². The summed E-state index contributed by atoms with van der Waals surface area (Å²) in [5.74, 6) is -1.23. The molecule has 1 aliphatic heterocycles. The SMILES string of the molecule is CC/C=C\C/C=C\C/C=C\C/C=C\C/C=C\CCCCCC(=O)OC1C(OCC(NC(=O)C(O)CCCCCCCCCCCCCCCCCC)C(O)/C=C/CCCCCCCCCCC)OC(CO)C(O)C1O. The Bertz CT molecular complexity index is 1490. The van der Waals surface area contributed by atoms with Crippen molar-refractivity contribution >= 4 is 11.9 Å². The Morgan fingerprint density at radius 2 is 0.960 bits per heavy atom. The Morgan fingerprint density at radius 3 is 1.44 bits per heavy atom. The van der Waals surface area contributed by atoms with Gasteiger partial charge in [-0.05, 0) is 70.6 Å². The van der Waals surface area contributed by atoms with E-state index in [1.807, 2.05) is 6.08 Å². The lowest BCUT2D eigenvalue weighted by Gasteiger charge is -2.41. The minimum absolute atomic E-state index is 0.0829. The minimum atomic E-state index is -1.63. The molecule has 0 aromatic heterocycles. The summed E-state index contributed by atoms with van der Waals surface area (Å²) in [5.41, 5.74) is 0.